The van der Waals surface area contributed by atoms with Crippen LogP contribution in [0.5, 0.6) is 0 Å². The van der Waals surface area contributed by atoms with Crippen molar-refractivity contribution in [2.45, 2.75) is 71.9 Å². The van der Waals surface area contributed by atoms with Crippen LogP contribution >= 0.6 is 0 Å². The first-order chi connectivity index (χ1) is 8.90. The van der Waals surface area contributed by atoms with Gasteiger partial charge in [-0.3, -0.25) is 4.79 Å². The summed E-state index contributed by atoms with van der Waals surface area (Å²) in [6, 6.07) is 1.28. The molecule has 1 unspecified atom stereocenters. The molecule has 1 aliphatic carbocycles. The zero-order valence-corrected chi connectivity index (χ0v) is 13.0. The number of amides is 1. The lowest BCUT2D eigenvalue weighted by Crippen LogP contribution is -2.50. The fourth-order valence-corrected chi connectivity index (χ4v) is 3.55. The molecule has 0 aromatic heterocycles. The number of piperidine rings is 1. The molecule has 0 radical (unpaired) electrons. The van der Waals surface area contributed by atoms with E-state index < -0.39 is 0 Å². The van der Waals surface area contributed by atoms with Crippen molar-refractivity contribution in [2.24, 2.45) is 11.3 Å². The zero-order valence-electron chi connectivity index (χ0n) is 13.0. The Morgan fingerprint density at radius 2 is 1.84 bits per heavy atom. The maximum absolute atomic E-state index is 12.0. The summed E-state index contributed by atoms with van der Waals surface area (Å²) in [5, 5.41) is 3.86. The van der Waals surface area contributed by atoms with Crippen molar-refractivity contribution in [1.82, 2.24) is 10.2 Å². The second-order valence-electron chi connectivity index (χ2n) is 7.35. The van der Waals surface area contributed by atoms with Gasteiger partial charge in [0.25, 0.3) is 0 Å². The van der Waals surface area contributed by atoms with Gasteiger partial charge in [-0.05, 0) is 31.1 Å². The summed E-state index contributed by atoms with van der Waals surface area (Å²) < 4.78 is 0. The van der Waals surface area contributed by atoms with Crippen molar-refractivity contribution in [3.63, 3.8) is 0 Å². The van der Waals surface area contributed by atoms with Crippen molar-refractivity contribution >= 4 is 5.91 Å². The van der Waals surface area contributed by atoms with Gasteiger partial charge in [-0.1, -0.05) is 34.1 Å². The third kappa shape index (κ3) is 3.50. The predicted octanol–water partition coefficient (Wildman–Crippen LogP) is 2.80. The number of carbonyl (C=O) groups is 1. The van der Waals surface area contributed by atoms with Crippen LogP contribution in [-0.2, 0) is 4.79 Å². The SMILES string of the molecule is CC(C)C(=O)N1CCC(NC2CCCC2(C)C)CC1. The molecule has 1 saturated heterocycles. The molecule has 2 fully saturated rings. The van der Waals surface area contributed by atoms with E-state index in [1.165, 1.54) is 19.3 Å². The Morgan fingerprint density at radius 1 is 1.21 bits per heavy atom. The van der Waals surface area contributed by atoms with E-state index in [0.29, 0.717) is 23.4 Å². The standard InChI is InChI=1S/C16H30N2O/c1-12(2)15(19)18-10-7-13(8-11-18)17-14-6-5-9-16(14,3)4/h12-14,17H,5-11H2,1-4H3. The Hall–Kier alpha value is -0.570. The van der Waals surface area contributed by atoms with Gasteiger partial charge in [0.2, 0.25) is 5.91 Å². The summed E-state index contributed by atoms with van der Waals surface area (Å²) in [5.74, 6) is 0.456. The number of hydrogen-bond donors (Lipinski definition) is 1. The van der Waals surface area contributed by atoms with E-state index in [9.17, 15) is 4.79 Å². The Bertz CT molecular complexity index is 317. The van der Waals surface area contributed by atoms with Crippen molar-refractivity contribution in [3.8, 4) is 0 Å². The minimum Gasteiger partial charge on any atom is -0.342 e. The van der Waals surface area contributed by atoms with Crippen molar-refractivity contribution in [2.75, 3.05) is 13.1 Å². The lowest BCUT2D eigenvalue weighted by molar-refractivity contribution is -0.135. The summed E-state index contributed by atoms with van der Waals surface area (Å²) in [4.78, 5) is 14.0. The largest absolute Gasteiger partial charge is 0.342 e. The van der Waals surface area contributed by atoms with Crippen LogP contribution in [0.2, 0.25) is 0 Å². The van der Waals surface area contributed by atoms with E-state index in [4.69, 9.17) is 0 Å². The van der Waals surface area contributed by atoms with E-state index in [2.05, 4.69) is 19.2 Å². The summed E-state index contributed by atoms with van der Waals surface area (Å²) in [7, 11) is 0. The maximum atomic E-state index is 12.0. The van der Waals surface area contributed by atoms with Gasteiger partial charge in [0.15, 0.2) is 0 Å². The van der Waals surface area contributed by atoms with Gasteiger partial charge < -0.3 is 10.2 Å². The average molecular weight is 266 g/mol. The molecule has 2 rings (SSSR count). The molecule has 3 nitrogen and oxygen atoms in total. The Morgan fingerprint density at radius 3 is 2.32 bits per heavy atom. The van der Waals surface area contributed by atoms with Gasteiger partial charge >= 0.3 is 0 Å². The third-order valence-corrected chi connectivity index (χ3v) is 4.99. The molecule has 3 heteroatoms. The van der Waals surface area contributed by atoms with Gasteiger partial charge in [-0.2, -0.15) is 0 Å². The van der Waals surface area contributed by atoms with E-state index in [1.807, 2.05) is 18.7 Å². The summed E-state index contributed by atoms with van der Waals surface area (Å²) >= 11 is 0. The normalized spacial score (nSPS) is 28.1. The molecule has 0 aromatic carbocycles. The topological polar surface area (TPSA) is 32.3 Å². The molecule has 1 heterocycles. The van der Waals surface area contributed by atoms with Crippen molar-refractivity contribution < 1.29 is 4.79 Å². The monoisotopic (exact) mass is 266 g/mol. The number of nitrogens with zero attached hydrogens (tertiary/aromatic N) is 1. The molecule has 0 spiro atoms. The molecule has 0 aromatic rings. The molecule has 2 aliphatic rings. The van der Waals surface area contributed by atoms with Gasteiger partial charge in [0.05, 0.1) is 0 Å². The lowest BCUT2D eigenvalue weighted by Gasteiger charge is -2.37. The van der Waals surface area contributed by atoms with Crippen LogP contribution in [0.3, 0.4) is 0 Å². The minimum atomic E-state index is 0.137. The third-order valence-electron chi connectivity index (χ3n) is 4.99. The van der Waals surface area contributed by atoms with E-state index in [0.717, 1.165) is 25.9 Å². The summed E-state index contributed by atoms with van der Waals surface area (Å²) in [6.07, 6.45) is 6.25. The van der Waals surface area contributed by atoms with Gasteiger partial charge in [0, 0.05) is 31.1 Å². The molecule has 19 heavy (non-hydrogen) atoms. The first kappa shape index (κ1) is 14.8. The van der Waals surface area contributed by atoms with Crippen LogP contribution in [0.25, 0.3) is 0 Å². The number of carbonyl (C=O) groups excluding carboxylic acids is 1. The van der Waals surface area contributed by atoms with Gasteiger partial charge in [-0.25, -0.2) is 0 Å². The first-order valence-electron chi connectivity index (χ1n) is 7.95. The first-order valence-corrected chi connectivity index (χ1v) is 7.95. The average Bonchev–Trinajstić information content (AvgIpc) is 2.69. The highest BCUT2D eigenvalue weighted by molar-refractivity contribution is 5.78. The quantitative estimate of drug-likeness (QED) is 0.852. The molecule has 1 N–H and O–H groups in total. The van der Waals surface area contributed by atoms with Crippen LogP contribution in [0.15, 0.2) is 0 Å². The molecule has 0 bridgehead atoms. The van der Waals surface area contributed by atoms with Crippen LogP contribution in [0.4, 0.5) is 0 Å². The Balaban J connectivity index is 1.79. The second-order valence-corrected chi connectivity index (χ2v) is 7.35. The Kier molecular flexibility index (Phi) is 4.54. The van der Waals surface area contributed by atoms with Crippen LogP contribution in [0, 0.1) is 11.3 Å². The minimum absolute atomic E-state index is 0.137. The fraction of sp³-hybridized carbons (Fsp3) is 0.938. The zero-order chi connectivity index (χ0) is 14.0. The van der Waals surface area contributed by atoms with Crippen LogP contribution < -0.4 is 5.32 Å². The molecule has 110 valence electrons. The maximum Gasteiger partial charge on any atom is 0.225 e. The lowest BCUT2D eigenvalue weighted by atomic mass is 9.86. The molecular formula is C16H30N2O. The van der Waals surface area contributed by atoms with E-state index in [1.54, 1.807) is 0 Å². The molecular weight excluding hydrogens is 236 g/mol. The molecule has 1 aliphatic heterocycles. The molecule has 1 amide bonds. The van der Waals surface area contributed by atoms with Crippen molar-refractivity contribution in [1.29, 1.82) is 0 Å². The fourth-order valence-electron chi connectivity index (χ4n) is 3.55. The van der Waals surface area contributed by atoms with E-state index in [-0.39, 0.29) is 5.92 Å². The number of nitrogens with one attached hydrogen (secondary N) is 1. The van der Waals surface area contributed by atoms with Crippen LogP contribution in [-0.4, -0.2) is 36.0 Å². The number of hydrogen-bond acceptors (Lipinski definition) is 2. The van der Waals surface area contributed by atoms with Gasteiger partial charge in [-0.15, -0.1) is 0 Å². The number of likely N-dealkylation sites (tertiary alicyclic amines) is 1. The predicted molar refractivity (Wildman–Crippen MR) is 79.0 cm³/mol. The molecule has 1 atom stereocenters. The van der Waals surface area contributed by atoms with Crippen LogP contribution in [0.1, 0.15) is 59.8 Å². The smallest absolute Gasteiger partial charge is 0.225 e. The van der Waals surface area contributed by atoms with Crippen molar-refractivity contribution in [3.05, 3.63) is 0 Å². The Labute approximate surface area is 118 Å². The number of rotatable bonds is 3. The highest BCUT2D eigenvalue weighted by Gasteiger charge is 2.36. The van der Waals surface area contributed by atoms with E-state index >= 15 is 0 Å². The second kappa shape index (κ2) is 5.82. The van der Waals surface area contributed by atoms with Gasteiger partial charge in [0.1, 0.15) is 0 Å². The highest BCUT2D eigenvalue weighted by atomic mass is 16.2. The summed E-state index contributed by atoms with van der Waals surface area (Å²) in [5.41, 5.74) is 0.449. The summed E-state index contributed by atoms with van der Waals surface area (Å²) in [6.45, 7) is 10.6. The highest BCUT2D eigenvalue weighted by Crippen LogP contribution is 2.37. The molecule has 1 saturated carbocycles.